The van der Waals surface area contributed by atoms with E-state index in [9.17, 15) is 9.59 Å². The van der Waals surface area contributed by atoms with E-state index in [1.54, 1.807) is 11.9 Å². The number of amides is 2. The Labute approximate surface area is 133 Å². The zero-order valence-electron chi connectivity index (χ0n) is 14.4. The summed E-state index contributed by atoms with van der Waals surface area (Å²) >= 11 is 0. The molecule has 1 aromatic rings. The second kappa shape index (κ2) is 7.29. The fourth-order valence-electron chi connectivity index (χ4n) is 1.82. The lowest BCUT2D eigenvalue weighted by Crippen LogP contribution is -2.42. The third-order valence-corrected chi connectivity index (χ3v) is 3.38. The third kappa shape index (κ3) is 5.39. The molecule has 0 atom stereocenters. The predicted octanol–water partition coefficient (Wildman–Crippen LogP) is 1.87. The molecule has 0 fully saturated rings. The first-order valence-corrected chi connectivity index (χ1v) is 7.40. The number of rotatable bonds is 5. The molecule has 1 rings (SSSR count). The van der Waals surface area contributed by atoms with Crippen LogP contribution in [0.5, 0.6) is 0 Å². The first kappa shape index (κ1) is 18.0. The van der Waals surface area contributed by atoms with Crippen molar-refractivity contribution in [1.29, 1.82) is 0 Å². The maximum absolute atomic E-state index is 12.1. The van der Waals surface area contributed by atoms with Gasteiger partial charge in [0.25, 0.3) is 0 Å². The Kier molecular flexibility index (Phi) is 5.97. The van der Waals surface area contributed by atoms with Gasteiger partial charge in [-0.2, -0.15) is 0 Å². The summed E-state index contributed by atoms with van der Waals surface area (Å²) in [6, 6.07) is 8.06. The number of carbonyl (C=O) groups is 2. The molecule has 22 heavy (non-hydrogen) atoms. The van der Waals surface area contributed by atoms with Gasteiger partial charge in [0.05, 0.1) is 6.54 Å². The summed E-state index contributed by atoms with van der Waals surface area (Å²) < 4.78 is 0. The van der Waals surface area contributed by atoms with Crippen LogP contribution in [0.2, 0.25) is 0 Å². The number of hydrogen-bond donors (Lipinski definition) is 1. The van der Waals surface area contributed by atoms with Crippen LogP contribution in [0.25, 0.3) is 0 Å². The smallest absolute Gasteiger partial charge is 0.242 e. The molecular formula is C17H27N3O2. The zero-order chi connectivity index (χ0) is 16.9. The largest absolute Gasteiger partial charge is 0.378 e. The van der Waals surface area contributed by atoms with Crippen LogP contribution < -0.4 is 10.2 Å². The monoisotopic (exact) mass is 305 g/mol. The molecule has 1 N–H and O–H groups in total. The number of carbonyl (C=O) groups excluding carboxylic acids is 2. The average molecular weight is 305 g/mol. The lowest BCUT2D eigenvalue weighted by atomic mass is 9.96. The zero-order valence-corrected chi connectivity index (χ0v) is 14.4. The summed E-state index contributed by atoms with van der Waals surface area (Å²) in [6.07, 6.45) is 0. The minimum Gasteiger partial charge on any atom is -0.378 e. The maximum Gasteiger partial charge on any atom is 0.242 e. The van der Waals surface area contributed by atoms with E-state index in [1.807, 2.05) is 64.0 Å². The fraction of sp³-hybridized carbons (Fsp3) is 0.529. The van der Waals surface area contributed by atoms with Crippen molar-refractivity contribution in [3.8, 4) is 0 Å². The third-order valence-electron chi connectivity index (χ3n) is 3.38. The van der Waals surface area contributed by atoms with Crippen LogP contribution in [-0.4, -0.2) is 44.4 Å². The maximum atomic E-state index is 12.1. The normalized spacial score (nSPS) is 11.0. The molecule has 0 saturated carbocycles. The van der Waals surface area contributed by atoms with Crippen LogP contribution in [0.15, 0.2) is 24.3 Å². The first-order valence-electron chi connectivity index (χ1n) is 7.40. The second-order valence-corrected chi connectivity index (χ2v) is 6.74. The molecule has 0 heterocycles. The SMILES string of the molecule is CN(Cc1ccc(N(C)C)cc1)C(=O)CNC(=O)C(C)(C)C. The molecule has 122 valence electrons. The molecule has 5 heteroatoms. The van der Waals surface area contributed by atoms with E-state index in [0.29, 0.717) is 6.54 Å². The molecule has 0 bridgehead atoms. The van der Waals surface area contributed by atoms with Crippen LogP contribution in [-0.2, 0) is 16.1 Å². The minimum atomic E-state index is -0.485. The summed E-state index contributed by atoms with van der Waals surface area (Å²) in [5.74, 6) is -0.223. The summed E-state index contributed by atoms with van der Waals surface area (Å²) in [5.41, 5.74) is 1.69. The average Bonchev–Trinajstić information content (AvgIpc) is 2.43. The topological polar surface area (TPSA) is 52.6 Å². The lowest BCUT2D eigenvalue weighted by Gasteiger charge is -2.21. The Morgan fingerprint density at radius 2 is 1.59 bits per heavy atom. The summed E-state index contributed by atoms with van der Waals surface area (Å²) in [7, 11) is 5.72. The van der Waals surface area contributed by atoms with E-state index in [0.717, 1.165) is 11.3 Å². The highest BCUT2D eigenvalue weighted by molar-refractivity contribution is 5.87. The Bertz CT molecular complexity index is 516. The van der Waals surface area contributed by atoms with Crippen LogP contribution in [0, 0.1) is 5.41 Å². The van der Waals surface area contributed by atoms with E-state index in [4.69, 9.17) is 0 Å². The molecule has 5 nitrogen and oxygen atoms in total. The van der Waals surface area contributed by atoms with Gasteiger partial charge in [0, 0.05) is 38.8 Å². The molecule has 0 unspecified atom stereocenters. The van der Waals surface area contributed by atoms with E-state index in [2.05, 4.69) is 5.32 Å². The van der Waals surface area contributed by atoms with Gasteiger partial charge in [-0.1, -0.05) is 32.9 Å². The minimum absolute atomic E-state index is 0.0301. The number of nitrogens with zero attached hydrogens (tertiary/aromatic N) is 2. The first-order chi connectivity index (χ1) is 10.1. The quantitative estimate of drug-likeness (QED) is 0.903. The molecule has 1 aromatic carbocycles. The van der Waals surface area contributed by atoms with Crippen molar-refractivity contribution in [2.45, 2.75) is 27.3 Å². The van der Waals surface area contributed by atoms with Crippen LogP contribution in [0.4, 0.5) is 5.69 Å². The van der Waals surface area contributed by atoms with Crippen molar-refractivity contribution >= 4 is 17.5 Å². The van der Waals surface area contributed by atoms with Crippen molar-refractivity contribution in [1.82, 2.24) is 10.2 Å². The molecule has 0 aliphatic carbocycles. The van der Waals surface area contributed by atoms with Crippen LogP contribution in [0.3, 0.4) is 0 Å². The molecular weight excluding hydrogens is 278 g/mol. The Balaban J connectivity index is 2.52. The lowest BCUT2D eigenvalue weighted by molar-refractivity contribution is -0.134. The molecule has 0 aliphatic heterocycles. The van der Waals surface area contributed by atoms with Crippen molar-refractivity contribution in [3.63, 3.8) is 0 Å². The molecule has 0 aromatic heterocycles. The van der Waals surface area contributed by atoms with Gasteiger partial charge in [0.2, 0.25) is 11.8 Å². The Morgan fingerprint density at radius 1 is 1.05 bits per heavy atom. The number of anilines is 1. The van der Waals surface area contributed by atoms with Crippen molar-refractivity contribution in [3.05, 3.63) is 29.8 Å². The molecule has 0 saturated heterocycles. The van der Waals surface area contributed by atoms with Crippen LogP contribution in [0.1, 0.15) is 26.3 Å². The van der Waals surface area contributed by atoms with Crippen molar-refractivity contribution < 1.29 is 9.59 Å². The van der Waals surface area contributed by atoms with E-state index >= 15 is 0 Å². The van der Waals surface area contributed by atoms with Crippen molar-refractivity contribution in [2.24, 2.45) is 5.41 Å². The summed E-state index contributed by atoms with van der Waals surface area (Å²) in [6.45, 7) is 6.02. The molecule has 0 spiro atoms. The van der Waals surface area contributed by atoms with Gasteiger partial charge in [-0.25, -0.2) is 0 Å². The Morgan fingerprint density at radius 3 is 2.05 bits per heavy atom. The molecule has 2 amide bonds. The number of likely N-dealkylation sites (N-methyl/N-ethyl adjacent to an activating group) is 1. The van der Waals surface area contributed by atoms with Gasteiger partial charge in [0.1, 0.15) is 0 Å². The highest BCUT2D eigenvalue weighted by atomic mass is 16.2. The number of nitrogens with one attached hydrogen (secondary N) is 1. The van der Waals surface area contributed by atoms with Gasteiger partial charge in [-0.15, -0.1) is 0 Å². The van der Waals surface area contributed by atoms with E-state index in [-0.39, 0.29) is 18.4 Å². The van der Waals surface area contributed by atoms with Gasteiger partial charge >= 0.3 is 0 Å². The highest BCUT2D eigenvalue weighted by Gasteiger charge is 2.22. The van der Waals surface area contributed by atoms with Crippen molar-refractivity contribution in [2.75, 3.05) is 32.6 Å². The van der Waals surface area contributed by atoms with Gasteiger partial charge in [-0.3, -0.25) is 9.59 Å². The number of hydrogen-bond acceptors (Lipinski definition) is 3. The van der Waals surface area contributed by atoms with E-state index < -0.39 is 5.41 Å². The van der Waals surface area contributed by atoms with Crippen LogP contribution >= 0.6 is 0 Å². The Hall–Kier alpha value is -2.04. The number of benzene rings is 1. The summed E-state index contributed by atoms with van der Waals surface area (Å²) in [5, 5.41) is 2.68. The fourth-order valence-corrected chi connectivity index (χ4v) is 1.82. The van der Waals surface area contributed by atoms with Gasteiger partial charge < -0.3 is 15.1 Å². The highest BCUT2D eigenvalue weighted by Crippen LogP contribution is 2.14. The predicted molar refractivity (Wildman–Crippen MR) is 89.7 cm³/mol. The van der Waals surface area contributed by atoms with E-state index in [1.165, 1.54) is 0 Å². The van der Waals surface area contributed by atoms with Gasteiger partial charge in [-0.05, 0) is 17.7 Å². The molecule has 0 aliphatic rings. The second-order valence-electron chi connectivity index (χ2n) is 6.74. The summed E-state index contributed by atoms with van der Waals surface area (Å²) in [4.78, 5) is 27.5. The molecule has 0 radical (unpaired) electrons. The van der Waals surface area contributed by atoms with Gasteiger partial charge in [0.15, 0.2) is 0 Å². The standard InChI is InChI=1S/C17H27N3O2/c1-17(2,3)16(22)18-11-15(21)20(6)12-13-7-9-14(10-8-13)19(4)5/h7-10H,11-12H2,1-6H3,(H,18,22).